The lowest BCUT2D eigenvalue weighted by Crippen LogP contribution is -2.50. The Labute approximate surface area is 287 Å². The molecule has 0 aliphatic heterocycles. The SMILES string of the molecule is CC(C)(C)C1=CC2(C(C)(C)C)C(=O)C1(C(C)(C)C)c1c(-c3ccccc3)c(-c3ccccc3)c(-c3ccccc3)c(-c3ccccc3)c12. The van der Waals surface area contributed by atoms with Crippen molar-refractivity contribution in [3.63, 3.8) is 0 Å². The maximum Gasteiger partial charge on any atom is 0.162 e. The predicted octanol–water partition coefficient (Wildman–Crippen LogP) is 12.5. The van der Waals surface area contributed by atoms with Gasteiger partial charge in [-0.15, -0.1) is 0 Å². The lowest BCUT2D eigenvalue weighted by molar-refractivity contribution is -0.131. The fraction of sp³-hybridized carbons (Fsp3) is 0.298. The van der Waals surface area contributed by atoms with E-state index < -0.39 is 21.7 Å². The van der Waals surface area contributed by atoms with Crippen LogP contribution in [0, 0.1) is 16.2 Å². The number of rotatable bonds is 4. The van der Waals surface area contributed by atoms with Crippen LogP contribution in [0.5, 0.6) is 0 Å². The monoisotopic (exact) mass is 628 g/mol. The first kappa shape index (κ1) is 32.1. The van der Waals surface area contributed by atoms with Crippen LogP contribution in [0.2, 0.25) is 0 Å². The highest BCUT2D eigenvalue weighted by molar-refractivity contribution is 6.20. The summed E-state index contributed by atoms with van der Waals surface area (Å²) in [5.74, 6) is 0.327. The molecule has 5 aromatic carbocycles. The van der Waals surface area contributed by atoms with Crippen LogP contribution in [0.1, 0.15) is 73.4 Å². The maximum absolute atomic E-state index is 16.2. The average molecular weight is 629 g/mol. The summed E-state index contributed by atoms with van der Waals surface area (Å²) in [7, 11) is 0. The van der Waals surface area contributed by atoms with Crippen molar-refractivity contribution in [2.75, 3.05) is 0 Å². The molecule has 0 saturated carbocycles. The summed E-state index contributed by atoms with van der Waals surface area (Å²) in [5.41, 5.74) is 10.2. The third kappa shape index (κ3) is 4.26. The molecule has 48 heavy (non-hydrogen) atoms. The Morgan fingerprint density at radius 2 is 0.750 bits per heavy atom. The molecule has 0 amide bonds. The molecule has 2 atom stereocenters. The minimum atomic E-state index is -0.846. The summed E-state index contributed by atoms with van der Waals surface area (Å²) >= 11 is 0. The molecule has 2 bridgehead atoms. The number of fused-ring (bicyclic) bond motifs is 5. The minimum absolute atomic E-state index is 0.237. The van der Waals surface area contributed by atoms with Gasteiger partial charge in [-0.3, -0.25) is 4.79 Å². The van der Waals surface area contributed by atoms with E-state index in [1.165, 1.54) is 39.0 Å². The molecule has 0 fully saturated rings. The van der Waals surface area contributed by atoms with Gasteiger partial charge in [-0.1, -0.05) is 190 Å². The first-order valence-electron chi connectivity index (χ1n) is 17.4. The van der Waals surface area contributed by atoms with Crippen molar-refractivity contribution in [2.45, 2.75) is 73.1 Å². The van der Waals surface area contributed by atoms with Crippen LogP contribution in [0.3, 0.4) is 0 Å². The van der Waals surface area contributed by atoms with Gasteiger partial charge in [0.1, 0.15) is 0 Å². The van der Waals surface area contributed by atoms with Crippen molar-refractivity contribution >= 4 is 5.78 Å². The van der Waals surface area contributed by atoms with Gasteiger partial charge < -0.3 is 0 Å². The van der Waals surface area contributed by atoms with Crippen LogP contribution < -0.4 is 0 Å². The lowest BCUT2D eigenvalue weighted by Gasteiger charge is -2.48. The number of carbonyl (C=O) groups is 1. The molecule has 0 heterocycles. The number of benzene rings is 5. The molecule has 0 saturated heterocycles. The first-order chi connectivity index (χ1) is 22.7. The van der Waals surface area contributed by atoms with Crippen molar-refractivity contribution in [1.82, 2.24) is 0 Å². The van der Waals surface area contributed by atoms with Crippen molar-refractivity contribution in [3.8, 4) is 44.5 Å². The van der Waals surface area contributed by atoms with E-state index in [1.807, 2.05) is 0 Å². The van der Waals surface area contributed by atoms with Crippen LogP contribution in [-0.4, -0.2) is 5.78 Å². The third-order valence-corrected chi connectivity index (χ3v) is 11.1. The standard InChI is InChI=1S/C47H48O/c1-43(2,3)35-30-46(44(4,5)6)40-38(33-26-18-12-19-27-33)36(31-22-14-10-15-23-31)37(32-24-16-11-17-25-32)39(34-28-20-13-21-29-34)41(40)47(35,42(46)48)45(7,8)9/h10-30H,1-9H3. The van der Waals surface area contributed by atoms with E-state index in [4.69, 9.17) is 0 Å². The Bertz CT molecular complexity index is 2050. The molecule has 1 heteroatoms. The summed E-state index contributed by atoms with van der Waals surface area (Å²) in [5, 5.41) is 0. The Balaban J connectivity index is 1.89. The van der Waals surface area contributed by atoms with Crippen LogP contribution in [0.25, 0.3) is 44.5 Å². The number of hydrogen-bond donors (Lipinski definition) is 0. The van der Waals surface area contributed by atoms with Crippen molar-refractivity contribution in [1.29, 1.82) is 0 Å². The van der Waals surface area contributed by atoms with Crippen LogP contribution in [0.15, 0.2) is 133 Å². The summed E-state index contributed by atoms with van der Waals surface area (Å²) in [6.45, 7) is 20.6. The highest BCUT2D eigenvalue weighted by atomic mass is 16.1. The summed E-state index contributed by atoms with van der Waals surface area (Å²) in [4.78, 5) is 16.2. The lowest BCUT2D eigenvalue weighted by atomic mass is 9.53. The molecule has 242 valence electrons. The topological polar surface area (TPSA) is 17.1 Å². The smallest absolute Gasteiger partial charge is 0.162 e. The van der Waals surface area contributed by atoms with Crippen LogP contribution in [0.4, 0.5) is 0 Å². The van der Waals surface area contributed by atoms with Gasteiger partial charge in [-0.25, -0.2) is 0 Å². The second kappa shape index (κ2) is 10.8. The summed E-state index contributed by atoms with van der Waals surface area (Å²) < 4.78 is 0. The Kier molecular flexibility index (Phi) is 7.19. The van der Waals surface area contributed by atoms with Crippen molar-refractivity contribution < 1.29 is 4.79 Å². The highest BCUT2D eigenvalue weighted by Crippen LogP contribution is 2.74. The molecule has 0 radical (unpaired) electrons. The van der Waals surface area contributed by atoms with Crippen LogP contribution >= 0.6 is 0 Å². The van der Waals surface area contributed by atoms with E-state index in [1.54, 1.807) is 0 Å². The molecule has 2 unspecified atom stereocenters. The normalized spacial score (nSPS) is 20.5. The number of allylic oxidation sites excluding steroid dienone is 2. The van der Waals surface area contributed by atoms with Crippen molar-refractivity contribution in [2.24, 2.45) is 16.2 Å². The Morgan fingerprint density at radius 3 is 1.06 bits per heavy atom. The molecule has 7 rings (SSSR count). The van der Waals surface area contributed by atoms with Gasteiger partial charge in [0.05, 0.1) is 10.8 Å². The molecule has 0 aromatic heterocycles. The van der Waals surface area contributed by atoms with Gasteiger partial charge in [0, 0.05) is 0 Å². The molecule has 2 aliphatic rings. The molecule has 1 nitrogen and oxygen atoms in total. The second-order valence-corrected chi connectivity index (χ2v) is 16.9. The van der Waals surface area contributed by atoms with Gasteiger partial charge in [-0.05, 0) is 77.5 Å². The summed E-state index contributed by atoms with van der Waals surface area (Å²) in [6, 6.07) is 43.4. The summed E-state index contributed by atoms with van der Waals surface area (Å²) in [6.07, 6.45) is 2.45. The average Bonchev–Trinajstić information content (AvgIpc) is 3.49. The third-order valence-electron chi connectivity index (χ3n) is 11.1. The first-order valence-corrected chi connectivity index (χ1v) is 17.4. The number of Topliss-reactive ketones (excluding diaryl/α,β-unsaturated/α-hetero) is 1. The second-order valence-electron chi connectivity index (χ2n) is 16.9. The quantitative estimate of drug-likeness (QED) is 0.181. The molecular weight excluding hydrogens is 581 g/mol. The molecule has 0 N–H and O–H groups in total. The fourth-order valence-corrected chi connectivity index (χ4v) is 9.17. The number of hydrogen-bond acceptors (Lipinski definition) is 1. The Morgan fingerprint density at radius 1 is 0.417 bits per heavy atom. The van der Waals surface area contributed by atoms with E-state index in [2.05, 4.69) is 190 Å². The van der Waals surface area contributed by atoms with Gasteiger partial charge in [0.15, 0.2) is 5.78 Å². The number of ketones is 1. The van der Waals surface area contributed by atoms with Crippen LogP contribution in [-0.2, 0) is 15.6 Å². The number of carbonyl (C=O) groups excluding carboxylic acids is 1. The molecule has 5 aromatic rings. The molecular formula is C47H48O. The zero-order valence-electron chi connectivity index (χ0n) is 30.0. The fourth-order valence-electron chi connectivity index (χ4n) is 9.17. The minimum Gasteiger partial charge on any atom is -0.297 e. The molecule has 0 spiro atoms. The van der Waals surface area contributed by atoms with E-state index >= 15 is 4.79 Å². The maximum atomic E-state index is 16.2. The zero-order valence-corrected chi connectivity index (χ0v) is 30.0. The van der Waals surface area contributed by atoms with E-state index in [9.17, 15) is 0 Å². The van der Waals surface area contributed by atoms with E-state index in [0.717, 1.165) is 22.3 Å². The largest absolute Gasteiger partial charge is 0.297 e. The Hall–Kier alpha value is -4.49. The van der Waals surface area contributed by atoms with E-state index in [-0.39, 0.29) is 5.41 Å². The predicted molar refractivity (Wildman–Crippen MR) is 203 cm³/mol. The van der Waals surface area contributed by atoms with E-state index in [0.29, 0.717) is 5.78 Å². The van der Waals surface area contributed by atoms with Gasteiger partial charge in [0.2, 0.25) is 0 Å². The zero-order chi connectivity index (χ0) is 34.3. The van der Waals surface area contributed by atoms with Crippen molar-refractivity contribution in [3.05, 3.63) is 144 Å². The molecule has 2 aliphatic carbocycles. The van der Waals surface area contributed by atoms with Gasteiger partial charge >= 0.3 is 0 Å². The van der Waals surface area contributed by atoms with Gasteiger partial charge in [-0.2, -0.15) is 0 Å². The highest BCUT2D eigenvalue weighted by Gasteiger charge is 2.74. The van der Waals surface area contributed by atoms with Gasteiger partial charge in [0.25, 0.3) is 0 Å².